The van der Waals surface area contributed by atoms with Gasteiger partial charge < -0.3 is 10.2 Å². The van der Waals surface area contributed by atoms with Gasteiger partial charge in [-0.25, -0.2) is 0 Å². The maximum absolute atomic E-state index is 13.5. The standard InChI is InChI=1S/C25H21N3O6/c1-13(29)19-14(2)34-23(20(19)21(26)30)27-22(31)18(12-15-8-4-3-5-9-15)28-24(32)16-10-6-7-11-17(16)25(28)33/h3-11,18H,12H2,1-2H3,(H2,26,30)(H,27,31). The first kappa shape index (κ1) is 22.7. The SMILES string of the molecule is CC(=O)c1c(C)oc(NC(=O)C(Cc2ccccc2)N2C(=O)c3ccccc3C2=O)c1C(N)=O. The summed E-state index contributed by atoms with van der Waals surface area (Å²) in [4.78, 5) is 64.6. The van der Waals surface area contributed by atoms with Crippen molar-refractivity contribution in [2.45, 2.75) is 26.3 Å². The third-order valence-electron chi connectivity index (χ3n) is 5.63. The molecule has 0 spiro atoms. The van der Waals surface area contributed by atoms with Gasteiger partial charge >= 0.3 is 0 Å². The van der Waals surface area contributed by atoms with Crippen LogP contribution in [0.15, 0.2) is 59.0 Å². The van der Waals surface area contributed by atoms with Gasteiger partial charge in [-0.15, -0.1) is 0 Å². The number of nitrogens with zero attached hydrogens (tertiary/aromatic N) is 1. The monoisotopic (exact) mass is 459 g/mol. The van der Waals surface area contributed by atoms with Gasteiger partial charge in [-0.05, 0) is 31.5 Å². The van der Waals surface area contributed by atoms with Gasteiger partial charge in [-0.3, -0.25) is 34.2 Å². The number of nitrogens with two attached hydrogens (primary N) is 1. The second-order valence-corrected chi connectivity index (χ2v) is 7.88. The fraction of sp³-hybridized carbons (Fsp3) is 0.160. The van der Waals surface area contributed by atoms with E-state index in [0.717, 1.165) is 4.90 Å². The normalized spacial score (nSPS) is 13.5. The van der Waals surface area contributed by atoms with Gasteiger partial charge in [0.05, 0.1) is 16.7 Å². The second-order valence-electron chi connectivity index (χ2n) is 7.88. The van der Waals surface area contributed by atoms with E-state index >= 15 is 0 Å². The highest BCUT2D eigenvalue weighted by Crippen LogP contribution is 2.30. The molecular formula is C25H21N3O6. The zero-order valence-electron chi connectivity index (χ0n) is 18.5. The van der Waals surface area contributed by atoms with Crippen LogP contribution in [0.4, 0.5) is 5.88 Å². The molecule has 0 fully saturated rings. The lowest BCUT2D eigenvalue weighted by Gasteiger charge is -2.25. The number of primary amides is 1. The third-order valence-corrected chi connectivity index (χ3v) is 5.63. The van der Waals surface area contributed by atoms with Gasteiger partial charge in [0, 0.05) is 6.42 Å². The molecule has 34 heavy (non-hydrogen) atoms. The molecule has 9 nitrogen and oxygen atoms in total. The number of nitrogens with one attached hydrogen (secondary N) is 1. The van der Waals surface area contributed by atoms with Crippen LogP contribution in [0.3, 0.4) is 0 Å². The Kier molecular flexibility index (Phi) is 5.85. The van der Waals surface area contributed by atoms with Crippen molar-refractivity contribution < 1.29 is 28.4 Å². The number of carbonyl (C=O) groups is 5. The first-order valence-corrected chi connectivity index (χ1v) is 10.5. The number of amides is 4. The van der Waals surface area contributed by atoms with E-state index in [4.69, 9.17) is 10.2 Å². The number of aryl methyl sites for hydroxylation is 1. The Hall–Kier alpha value is -4.53. The average molecular weight is 459 g/mol. The Labute approximate surface area is 194 Å². The first-order chi connectivity index (χ1) is 16.2. The zero-order valence-corrected chi connectivity index (χ0v) is 18.5. The minimum atomic E-state index is -1.26. The minimum absolute atomic E-state index is 0.0172. The van der Waals surface area contributed by atoms with Crippen molar-refractivity contribution >= 4 is 35.3 Å². The van der Waals surface area contributed by atoms with Crippen molar-refractivity contribution in [3.63, 3.8) is 0 Å². The molecule has 0 aliphatic carbocycles. The first-order valence-electron chi connectivity index (χ1n) is 10.5. The fourth-order valence-corrected chi connectivity index (χ4v) is 4.12. The van der Waals surface area contributed by atoms with Crippen LogP contribution in [0.5, 0.6) is 0 Å². The summed E-state index contributed by atoms with van der Waals surface area (Å²) in [5.74, 6) is -3.61. The minimum Gasteiger partial charge on any atom is -0.444 e. The molecule has 1 aromatic heterocycles. The molecule has 2 aromatic carbocycles. The number of Topliss-reactive ketones (excluding diaryl/α,β-unsaturated/α-hetero) is 1. The van der Waals surface area contributed by atoms with Crippen molar-refractivity contribution in [3.8, 4) is 0 Å². The predicted octanol–water partition coefficient (Wildman–Crippen LogP) is 2.74. The van der Waals surface area contributed by atoms with Crippen LogP contribution in [0.25, 0.3) is 0 Å². The Morgan fingerprint density at radius 1 is 0.941 bits per heavy atom. The number of ketones is 1. The lowest BCUT2D eigenvalue weighted by atomic mass is 10.0. The number of carbonyl (C=O) groups excluding carboxylic acids is 5. The summed E-state index contributed by atoms with van der Waals surface area (Å²) in [6.45, 7) is 2.71. The van der Waals surface area contributed by atoms with E-state index in [1.165, 1.54) is 26.0 Å². The van der Waals surface area contributed by atoms with Crippen LogP contribution >= 0.6 is 0 Å². The van der Waals surface area contributed by atoms with E-state index in [1.54, 1.807) is 42.5 Å². The molecule has 0 saturated heterocycles. The van der Waals surface area contributed by atoms with Crippen LogP contribution < -0.4 is 11.1 Å². The van der Waals surface area contributed by atoms with Crippen molar-refractivity contribution in [1.29, 1.82) is 0 Å². The predicted molar refractivity (Wildman–Crippen MR) is 121 cm³/mol. The summed E-state index contributed by atoms with van der Waals surface area (Å²) in [6.07, 6.45) is 0.0172. The van der Waals surface area contributed by atoms with Crippen molar-refractivity contribution in [3.05, 3.63) is 88.2 Å². The highest BCUT2D eigenvalue weighted by molar-refractivity contribution is 6.23. The molecule has 1 unspecified atom stereocenters. The molecule has 0 bridgehead atoms. The highest BCUT2D eigenvalue weighted by atomic mass is 16.4. The van der Waals surface area contributed by atoms with Crippen molar-refractivity contribution in [2.75, 3.05) is 5.32 Å². The lowest BCUT2D eigenvalue weighted by Crippen LogP contribution is -2.48. The molecule has 3 N–H and O–H groups in total. The molecule has 0 saturated carbocycles. The van der Waals surface area contributed by atoms with Crippen LogP contribution in [0.1, 0.15) is 59.7 Å². The van der Waals surface area contributed by atoms with E-state index in [0.29, 0.717) is 5.56 Å². The summed E-state index contributed by atoms with van der Waals surface area (Å²) in [5, 5.41) is 2.47. The van der Waals surface area contributed by atoms with Crippen molar-refractivity contribution in [2.24, 2.45) is 5.73 Å². The number of benzene rings is 2. The average Bonchev–Trinajstić information content (AvgIpc) is 3.26. The maximum atomic E-state index is 13.5. The largest absolute Gasteiger partial charge is 0.444 e. The Bertz CT molecular complexity index is 1310. The van der Waals surface area contributed by atoms with Crippen molar-refractivity contribution in [1.82, 2.24) is 4.90 Å². The fourth-order valence-electron chi connectivity index (χ4n) is 4.12. The molecule has 1 atom stereocenters. The summed E-state index contributed by atoms with van der Waals surface area (Å²) >= 11 is 0. The van der Waals surface area contributed by atoms with E-state index in [2.05, 4.69) is 5.32 Å². The quantitative estimate of drug-likeness (QED) is 0.411. The Balaban J connectivity index is 1.74. The van der Waals surface area contributed by atoms with Gasteiger partial charge in [0.25, 0.3) is 17.7 Å². The Morgan fingerprint density at radius 2 is 1.50 bits per heavy atom. The van der Waals surface area contributed by atoms with E-state index < -0.39 is 35.5 Å². The molecule has 0 radical (unpaired) electrons. The maximum Gasteiger partial charge on any atom is 0.262 e. The molecule has 4 amide bonds. The van der Waals surface area contributed by atoms with E-state index in [9.17, 15) is 24.0 Å². The summed E-state index contributed by atoms with van der Waals surface area (Å²) in [5.41, 5.74) is 6.24. The van der Waals surface area contributed by atoms with E-state index in [1.807, 2.05) is 0 Å². The molecule has 3 aromatic rings. The lowest BCUT2D eigenvalue weighted by molar-refractivity contribution is -0.120. The second kappa shape index (κ2) is 8.78. The summed E-state index contributed by atoms with van der Waals surface area (Å²) in [7, 11) is 0. The molecule has 172 valence electrons. The van der Waals surface area contributed by atoms with Crippen LogP contribution in [0, 0.1) is 6.92 Å². The summed E-state index contributed by atoms with van der Waals surface area (Å²) < 4.78 is 5.48. The highest BCUT2D eigenvalue weighted by Gasteiger charge is 2.43. The number of hydrogen-bond donors (Lipinski definition) is 2. The number of hydrogen-bond acceptors (Lipinski definition) is 6. The zero-order chi connectivity index (χ0) is 24.6. The topological polar surface area (TPSA) is 140 Å². The van der Waals surface area contributed by atoms with Gasteiger partial charge in [0.1, 0.15) is 17.4 Å². The molecular weight excluding hydrogens is 438 g/mol. The molecule has 1 aliphatic heterocycles. The molecule has 1 aliphatic rings. The van der Waals surface area contributed by atoms with Gasteiger partial charge in [0.15, 0.2) is 5.78 Å². The van der Waals surface area contributed by atoms with Gasteiger partial charge in [0.2, 0.25) is 11.8 Å². The summed E-state index contributed by atoms with van der Waals surface area (Å²) in [6, 6.07) is 13.9. The number of anilines is 1. The molecule has 9 heteroatoms. The molecule has 2 heterocycles. The smallest absolute Gasteiger partial charge is 0.262 e. The Morgan fingerprint density at radius 3 is 2.03 bits per heavy atom. The number of imide groups is 1. The van der Waals surface area contributed by atoms with Crippen LogP contribution in [-0.4, -0.2) is 40.4 Å². The van der Waals surface area contributed by atoms with Gasteiger partial charge in [-0.2, -0.15) is 0 Å². The number of rotatable bonds is 7. The molecule has 4 rings (SSSR count). The van der Waals surface area contributed by atoms with Crippen LogP contribution in [-0.2, 0) is 11.2 Å². The number of fused-ring (bicyclic) bond motifs is 1. The number of furan rings is 1. The van der Waals surface area contributed by atoms with Crippen LogP contribution in [0.2, 0.25) is 0 Å². The third kappa shape index (κ3) is 3.88. The van der Waals surface area contributed by atoms with E-state index in [-0.39, 0.29) is 40.3 Å². The van der Waals surface area contributed by atoms with Gasteiger partial charge in [-0.1, -0.05) is 42.5 Å².